The van der Waals surface area contributed by atoms with Crippen LogP contribution in [-0.4, -0.2) is 19.9 Å². The van der Waals surface area contributed by atoms with Gasteiger partial charge in [0.05, 0.1) is 17.1 Å². The van der Waals surface area contributed by atoms with Gasteiger partial charge in [-0.25, -0.2) is 4.98 Å². The fourth-order valence-corrected chi connectivity index (χ4v) is 8.05. The number of hydrogen-bond donors (Lipinski definition) is 0. The third-order valence-corrected chi connectivity index (χ3v) is 10.5. The van der Waals surface area contributed by atoms with E-state index in [-0.39, 0.29) is 0 Å². The Morgan fingerprint density at radius 3 is 1.54 bits per heavy atom. The van der Waals surface area contributed by atoms with Crippen molar-refractivity contribution in [1.29, 1.82) is 0 Å². The highest BCUT2D eigenvalue weighted by Gasteiger charge is 2.27. The van der Waals surface area contributed by atoms with Gasteiger partial charge in [-0.1, -0.05) is 127 Å². The molecule has 0 spiro atoms. The first kappa shape index (κ1) is 28.6. The van der Waals surface area contributed by atoms with Crippen LogP contribution in [0.5, 0.6) is 0 Å². The molecule has 5 nitrogen and oxygen atoms in total. The molecule has 6 heteroatoms. The number of benzene rings is 7. The standard InChI is InChI=1S/C44H27N5S/c1-2-12-28(13-3-1)37-25-23-30(27-45-37)43-46-42(47-44(48-43)49-38-18-8-10-20-40(38)50-41-21-11-9-19-39(41)49)29-22-24-35-33-16-5-4-14-31(33)32-15-6-7-17-34(32)36(35)26-29/h1-27H. The maximum absolute atomic E-state index is 5.24. The van der Waals surface area contributed by atoms with Crippen molar-refractivity contribution in [2.45, 2.75) is 9.79 Å². The third kappa shape index (κ3) is 4.72. The van der Waals surface area contributed by atoms with E-state index in [1.165, 1.54) is 32.3 Å². The minimum absolute atomic E-state index is 0.556. The summed E-state index contributed by atoms with van der Waals surface area (Å²) >= 11 is 1.76. The Morgan fingerprint density at radius 1 is 0.400 bits per heavy atom. The van der Waals surface area contributed by atoms with Crippen LogP contribution in [0.25, 0.3) is 66.4 Å². The van der Waals surface area contributed by atoms with Gasteiger partial charge < -0.3 is 0 Å². The van der Waals surface area contributed by atoms with Crippen molar-refractivity contribution in [2.24, 2.45) is 0 Å². The second-order valence-electron chi connectivity index (χ2n) is 12.3. The van der Waals surface area contributed by atoms with Crippen molar-refractivity contribution < 1.29 is 0 Å². The lowest BCUT2D eigenvalue weighted by molar-refractivity contribution is 1.00. The lowest BCUT2D eigenvalue weighted by Crippen LogP contribution is -2.18. The zero-order valence-corrected chi connectivity index (χ0v) is 27.5. The van der Waals surface area contributed by atoms with E-state index >= 15 is 0 Å². The molecule has 0 atom stereocenters. The van der Waals surface area contributed by atoms with Crippen LogP contribution < -0.4 is 4.90 Å². The van der Waals surface area contributed by atoms with E-state index in [4.69, 9.17) is 19.9 Å². The van der Waals surface area contributed by atoms with E-state index in [0.717, 1.165) is 43.6 Å². The molecule has 0 aliphatic carbocycles. The highest BCUT2D eigenvalue weighted by atomic mass is 32.2. The third-order valence-electron chi connectivity index (χ3n) is 9.35. The zero-order valence-electron chi connectivity index (χ0n) is 26.7. The Balaban J connectivity index is 1.20. The number of para-hydroxylation sites is 2. The molecule has 0 radical (unpaired) electrons. The smallest absolute Gasteiger partial charge is 0.238 e. The van der Waals surface area contributed by atoms with Crippen LogP contribution in [0.3, 0.4) is 0 Å². The van der Waals surface area contributed by atoms with Gasteiger partial charge in [0, 0.05) is 32.7 Å². The summed E-state index contributed by atoms with van der Waals surface area (Å²) in [6, 6.07) is 55.0. The molecule has 1 aliphatic rings. The van der Waals surface area contributed by atoms with Crippen LogP contribution in [0.2, 0.25) is 0 Å². The fourth-order valence-electron chi connectivity index (χ4n) is 7.00. The van der Waals surface area contributed by atoms with Crippen LogP contribution in [-0.2, 0) is 0 Å². The van der Waals surface area contributed by atoms with E-state index in [9.17, 15) is 0 Å². The molecule has 0 saturated heterocycles. The van der Waals surface area contributed by atoms with Gasteiger partial charge >= 0.3 is 0 Å². The zero-order chi connectivity index (χ0) is 33.0. The number of fused-ring (bicyclic) bond motifs is 8. The van der Waals surface area contributed by atoms with Crippen molar-refractivity contribution in [3.05, 3.63) is 164 Å². The van der Waals surface area contributed by atoms with E-state index in [0.29, 0.717) is 17.6 Å². The van der Waals surface area contributed by atoms with Gasteiger partial charge in [-0.2, -0.15) is 9.97 Å². The number of nitrogens with zero attached hydrogens (tertiary/aromatic N) is 5. The largest absolute Gasteiger partial charge is 0.277 e. The predicted octanol–water partition coefficient (Wildman–Crippen LogP) is 11.7. The highest BCUT2D eigenvalue weighted by molar-refractivity contribution is 7.99. The normalized spacial score (nSPS) is 12.3. The SMILES string of the molecule is c1ccc(-c2ccc(-c3nc(-c4ccc5c6ccccc6c6ccccc6c5c4)nc(N4c5ccccc5Sc5ccccc54)n3)cn2)cc1. The number of aromatic nitrogens is 4. The van der Waals surface area contributed by atoms with Crippen molar-refractivity contribution in [3.8, 4) is 34.0 Å². The Hall–Kier alpha value is -6.37. The second-order valence-corrected chi connectivity index (χ2v) is 13.4. The van der Waals surface area contributed by atoms with Gasteiger partial charge in [0.25, 0.3) is 0 Å². The molecule has 50 heavy (non-hydrogen) atoms. The number of pyridine rings is 1. The molecule has 3 heterocycles. The molecule has 234 valence electrons. The van der Waals surface area contributed by atoms with Crippen molar-refractivity contribution in [1.82, 2.24) is 19.9 Å². The maximum atomic E-state index is 5.24. The molecule has 0 N–H and O–H groups in total. The molecular formula is C44H27N5S. The molecule has 0 fully saturated rings. The van der Waals surface area contributed by atoms with Gasteiger partial charge in [-0.15, -0.1) is 0 Å². The summed E-state index contributed by atoms with van der Waals surface area (Å²) < 4.78 is 0. The topological polar surface area (TPSA) is 54.8 Å². The molecule has 0 amide bonds. The Bertz CT molecular complexity index is 2660. The predicted molar refractivity (Wildman–Crippen MR) is 205 cm³/mol. The fraction of sp³-hybridized carbons (Fsp3) is 0. The summed E-state index contributed by atoms with van der Waals surface area (Å²) in [5, 5.41) is 7.28. The molecular weight excluding hydrogens is 631 g/mol. The lowest BCUT2D eigenvalue weighted by Gasteiger charge is -2.31. The monoisotopic (exact) mass is 657 g/mol. The summed E-state index contributed by atoms with van der Waals surface area (Å²) in [5.74, 6) is 1.72. The van der Waals surface area contributed by atoms with Crippen molar-refractivity contribution >= 4 is 61.4 Å². The minimum atomic E-state index is 0.556. The number of rotatable bonds is 4. The first-order valence-electron chi connectivity index (χ1n) is 16.6. The summed E-state index contributed by atoms with van der Waals surface area (Å²) in [7, 11) is 0. The van der Waals surface area contributed by atoms with Crippen LogP contribution in [0.1, 0.15) is 0 Å². The maximum Gasteiger partial charge on any atom is 0.238 e. The highest BCUT2D eigenvalue weighted by Crippen LogP contribution is 2.50. The molecule has 2 aromatic heterocycles. The average Bonchev–Trinajstić information content (AvgIpc) is 3.20. The van der Waals surface area contributed by atoms with Gasteiger partial charge in [0.2, 0.25) is 5.95 Å². The Kier molecular flexibility index (Phi) is 6.67. The first-order valence-corrected chi connectivity index (χ1v) is 17.4. The molecule has 1 aliphatic heterocycles. The Morgan fingerprint density at radius 2 is 0.920 bits per heavy atom. The van der Waals surface area contributed by atoms with Crippen LogP contribution in [0.4, 0.5) is 17.3 Å². The van der Waals surface area contributed by atoms with E-state index < -0.39 is 0 Å². The molecule has 7 aromatic carbocycles. The molecule has 0 unspecified atom stereocenters. The van der Waals surface area contributed by atoms with E-state index in [1.807, 2.05) is 36.5 Å². The number of hydrogen-bond acceptors (Lipinski definition) is 6. The van der Waals surface area contributed by atoms with Crippen LogP contribution in [0.15, 0.2) is 174 Å². The molecule has 9 aromatic rings. The van der Waals surface area contributed by atoms with Crippen molar-refractivity contribution in [2.75, 3.05) is 4.90 Å². The summed E-state index contributed by atoms with van der Waals surface area (Å²) in [4.78, 5) is 24.8. The van der Waals surface area contributed by atoms with E-state index in [1.54, 1.807) is 11.8 Å². The first-order chi connectivity index (χ1) is 24.8. The minimum Gasteiger partial charge on any atom is -0.277 e. The van der Waals surface area contributed by atoms with Crippen LogP contribution >= 0.6 is 11.8 Å². The lowest BCUT2D eigenvalue weighted by atomic mass is 9.93. The average molecular weight is 658 g/mol. The number of anilines is 3. The Labute approximate surface area is 293 Å². The van der Waals surface area contributed by atoms with Crippen LogP contribution in [0, 0.1) is 0 Å². The second kappa shape index (κ2) is 11.7. The summed E-state index contributed by atoms with van der Waals surface area (Å²) in [6.07, 6.45) is 1.86. The van der Waals surface area contributed by atoms with Gasteiger partial charge in [0.1, 0.15) is 0 Å². The summed E-state index contributed by atoms with van der Waals surface area (Å²) in [5.41, 5.74) is 5.77. The van der Waals surface area contributed by atoms with Gasteiger partial charge in [0.15, 0.2) is 11.6 Å². The van der Waals surface area contributed by atoms with Gasteiger partial charge in [-0.3, -0.25) is 9.88 Å². The molecule has 10 rings (SSSR count). The molecule has 0 bridgehead atoms. The quantitative estimate of drug-likeness (QED) is 0.176. The van der Waals surface area contributed by atoms with E-state index in [2.05, 4.69) is 132 Å². The van der Waals surface area contributed by atoms with Gasteiger partial charge in [-0.05, 0) is 74.8 Å². The molecule has 0 saturated carbocycles. The van der Waals surface area contributed by atoms with Crippen molar-refractivity contribution in [3.63, 3.8) is 0 Å². The summed E-state index contributed by atoms with van der Waals surface area (Å²) in [6.45, 7) is 0.